The van der Waals surface area contributed by atoms with Crippen LogP contribution in [0.4, 0.5) is 11.4 Å². The third kappa shape index (κ3) is 3.40. The largest absolute Gasteiger partial charge is 0.427 e. The third-order valence-corrected chi connectivity index (χ3v) is 7.55. The quantitative estimate of drug-likeness (QED) is 0.315. The van der Waals surface area contributed by atoms with Crippen LogP contribution in [0.15, 0.2) is 36.4 Å². The molecule has 2 fully saturated rings. The number of esters is 1. The number of primary amides is 1. The Labute approximate surface area is 211 Å². The second-order valence-corrected chi connectivity index (χ2v) is 9.62. The van der Waals surface area contributed by atoms with Gasteiger partial charge in [0.25, 0.3) is 0 Å². The van der Waals surface area contributed by atoms with Crippen LogP contribution in [0.25, 0.3) is 0 Å². The van der Waals surface area contributed by atoms with Gasteiger partial charge in [-0.3, -0.25) is 29.3 Å². The van der Waals surface area contributed by atoms with Gasteiger partial charge < -0.3 is 15.8 Å². The van der Waals surface area contributed by atoms with Gasteiger partial charge in [-0.2, -0.15) is 0 Å². The van der Waals surface area contributed by atoms with Gasteiger partial charge in [-0.05, 0) is 49.2 Å². The number of hydrogen-bond acceptors (Lipinski definition) is 7. The summed E-state index contributed by atoms with van der Waals surface area (Å²) < 4.78 is 5.04. The van der Waals surface area contributed by atoms with Gasteiger partial charge in [-0.15, -0.1) is 0 Å². The van der Waals surface area contributed by atoms with E-state index in [0.717, 1.165) is 4.90 Å². The molecule has 3 aliphatic rings. The molecule has 5 rings (SSSR count). The number of carbonyl (C=O) groups excluding carboxylic acids is 5. The number of nitrogens with zero attached hydrogens (tertiary/aromatic N) is 1. The predicted molar refractivity (Wildman–Crippen MR) is 129 cm³/mol. The average Bonchev–Trinajstić information content (AvgIpc) is 3.40. The van der Waals surface area contributed by atoms with Gasteiger partial charge in [0.2, 0.25) is 23.6 Å². The SMILES string of the molecule is CC(=O)Oc1ccc(N2C(=O)[C@H]3[C@@H](C2=O)[C@]2(N[C@@H]3CCC(N)=O)C(=O)Nc3c2ccc(Cl)c3C)cc1. The topological polar surface area (TPSA) is 148 Å². The van der Waals surface area contributed by atoms with E-state index in [1.165, 1.54) is 31.2 Å². The predicted octanol–water partition coefficient (Wildman–Crippen LogP) is 1.76. The van der Waals surface area contributed by atoms with Crippen molar-refractivity contribution in [2.75, 3.05) is 10.2 Å². The number of hydrogen-bond donors (Lipinski definition) is 3. The van der Waals surface area contributed by atoms with Gasteiger partial charge in [0.1, 0.15) is 11.3 Å². The highest BCUT2D eigenvalue weighted by molar-refractivity contribution is 6.32. The highest BCUT2D eigenvalue weighted by atomic mass is 35.5. The highest BCUT2D eigenvalue weighted by Gasteiger charge is 2.70. The molecule has 4 amide bonds. The lowest BCUT2D eigenvalue weighted by atomic mass is 9.76. The molecule has 11 heteroatoms. The third-order valence-electron chi connectivity index (χ3n) is 7.14. The number of imide groups is 1. The molecule has 4 atom stereocenters. The first-order chi connectivity index (χ1) is 17.1. The maximum atomic E-state index is 13.9. The van der Waals surface area contributed by atoms with Gasteiger partial charge >= 0.3 is 5.97 Å². The van der Waals surface area contributed by atoms with E-state index in [1.807, 2.05) is 0 Å². The van der Waals surface area contributed by atoms with Crippen molar-refractivity contribution in [1.29, 1.82) is 0 Å². The molecule has 2 saturated heterocycles. The van der Waals surface area contributed by atoms with Crippen LogP contribution in [-0.2, 0) is 29.5 Å². The van der Waals surface area contributed by atoms with Crippen molar-refractivity contribution in [1.82, 2.24) is 5.32 Å². The first-order valence-electron chi connectivity index (χ1n) is 11.4. The summed E-state index contributed by atoms with van der Waals surface area (Å²) in [6.07, 6.45) is 0.148. The lowest BCUT2D eigenvalue weighted by molar-refractivity contribution is -0.132. The number of halogens is 1. The van der Waals surface area contributed by atoms with E-state index in [0.29, 0.717) is 21.8 Å². The van der Waals surface area contributed by atoms with Crippen molar-refractivity contribution >= 4 is 52.6 Å². The zero-order chi connectivity index (χ0) is 25.9. The molecule has 3 heterocycles. The average molecular weight is 511 g/mol. The Balaban J connectivity index is 1.60. The van der Waals surface area contributed by atoms with Crippen LogP contribution in [0.3, 0.4) is 0 Å². The van der Waals surface area contributed by atoms with Crippen molar-refractivity contribution < 1.29 is 28.7 Å². The lowest BCUT2D eigenvalue weighted by Gasteiger charge is -2.29. The summed E-state index contributed by atoms with van der Waals surface area (Å²) in [5, 5.41) is 6.55. The fourth-order valence-corrected chi connectivity index (χ4v) is 5.78. The van der Waals surface area contributed by atoms with E-state index in [4.69, 9.17) is 22.1 Å². The van der Waals surface area contributed by atoms with Gasteiger partial charge in [0, 0.05) is 30.0 Å². The molecule has 2 aromatic carbocycles. The number of fused-ring (bicyclic) bond motifs is 4. The van der Waals surface area contributed by atoms with E-state index in [1.54, 1.807) is 19.1 Å². The highest BCUT2D eigenvalue weighted by Crippen LogP contribution is 2.55. The van der Waals surface area contributed by atoms with E-state index >= 15 is 0 Å². The van der Waals surface area contributed by atoms with Crippen molar-refractivity contribution in [3.05, 3.63) is 52.5 Å². The summed E-state index contributed by atoms with van der Waals surface area (Å²) >= 11 is 6.28. The molecule has 0 bridgehead atoms. The molecule has 0 radical (unpaired) electrons. The zero-order valence-electron chi connectivity index (χ0n) is 19.5. The summed E-state index contributed by atoms with van der Waals surface area (Å²) in [7, 11) is 0. The summed E-state index contributed by atoms with van der Waals surface area (Å²) in [4.78, 5) is 65.0. The fraction of sp³-hybridized carbons (Fsp3) is 0.320. The van der Waals surface area contributed by atoms with Crippen LogP contribution in [0.5, 0.6) is 5.75 Å². The van der Waals surface area contributed by atoms with Gasteiger partial charge in [0.15, 0.2) is 0 Å². The minimum Gasteiger partial charge on any atom is -0.427 e. The van der Waals surface area contributed by atoms with Crippen LogP contribution in [-0.4, -0.2) is 35.6 Å². The molecule has 1 spiro atoms. The van der Waals surface area contributed by atoms with Crippen LogP contribution in [0, 0.1) is 18.8 Å². The molecule has 4 N–H and O–H groups in total. The molecular formula is C25H23ClN4O6. The van der Waals surface area contributed by atoms with Crippen LogP contribution < -0.4 is 26.0 Å². The smallest absolute Gasteiger partial charge is 0.308 e. The van der Waals surface area contributed by atoms with Gasteiger partial charge in [-0.1, -0.05) is 17.7 Å². The number of carbonyl (C=O) groups is 5. The van der Waals surface area contributed by atoms with E-state index < -0.39 is 53.0 Å². The number of nitrogens with one attached hydrogen (secondary N) is 2. The normalized spacial score (nSPS) is 26.2. The van der Waals surface area contributed by atoms with E-state index in [9.17, 15) is 24.0 Å². The Morgan fingerprint density at radius 1 is 1.11 bits per heavy atom. The van der Waals surface area contributed by atoms with Crippen LogP contribution in [0.2, 0.25) is 5.02 Å². The number of benzene rings is 2. The van der Waals surface area contributed by atoms with Gasteiger partial charge in [0.05, 0.1) is 23.2 Å². The van der Waals surface area contributed by atoms with E-state index in [2.05, 4.69) is 10.6 Å². The first-order valence-corrected chi connectivity index (χ1v) is 11.8. The molecule has 36 heavy (non-hydrogen) atoms. The fourth-order valence-electron chi connectivity index (χ4n) is 5.62. The Bertz CT molecular complexity index is 1340. The maximum Gasteiger partial charge on any atom is 0.308 e. The minimum atomic E-state index is -1.52. The standard InChI is InChI=1S/C25H23ClN4O6/c1-11-16(26)8-7-15-21(11)28-24(35)25(15)20-19(17(29-25)9-10-18(27)32)22(33)30(23(20)34)13-3-5-14(6-4-13)36-12(2)31/h3-8,17,19-20,29H,9-10H2,1-2H3,(H2,27,32)(H,28,35)/t17-,19-,20+,25+/m1/s1. The molecule has 0 aliphatic carbocycles. The van der Waals surface area contributed by atoms with E-state index in [-0.39, 0.29) is 24.3 Å². The van der Waals surface area contributed by atoms with Crippen LogP contribution in [0.1, 0.15) is 30.9 Å². The second kappa shape index (κ2) is 8.42. The van der Waals surface area contributed by atoms with Crippen molar-refractivity contribution in [3.63, 3.8) is 0 Å². The molecular weight excluding hydrogens is 488 g/mol. The molecule has 0 aromatic heterocycles. The number of nitrogens with two attached hydrogens (primary N) is 1. The van der Waals surface area contributed by atoms with Crippen LogP contribution >= 0.6 is 11.6 Å². The number of ether oxygens (including phenoxy) is 1. The molecule has 2 aromatic rings. The minimum absolute atomic E-state index is 0.0242. The Morgan fingerprint density at radius 2 is 1.81 bits per heavy atom. The van der Waals surface area contributed by atoms with Crippen molar-refractivity contribution in [2.45, 2.75) is 38.3 Å². The second-order valence-electron chi connectivity index (χ2n) is 9.22. The molecule has 186 valence electrons. The summed E-state index contributed by atoms with van der Waals surface area (Å²) in [6, 6.07) is 8.63. The zero-order valence-corrected chi connectivity index (χ0v) is 20.2. The monoisotopic (exact) mass is 510 g/mol. The molecule has 0 saturated carbocycles. The number of anilines is 2. The number of rotatable bonds is 5. The lowest BCUT2D eigenvalue weighted by Crippen LogP contribution is -2.53. The molecule has 10 nitrogen and oxygen atoms in total. The Morgan fingerprint density at radius 3 is 2.44 bits per heavy atom. The maximum absolute atomic E-state index is 13.9. The number of amides is 4. The van der Waals surface area contributed by atoms with Crippen molar-refractivity contribution in [3.8, 4) is 5.75 Å². The van der Waals surface area contributed by atoms with Gasteiger partial charge in [-0.25, -0.2) is 4.90 Å². The van der Waals surface area contributed by atoms with Crippen molar-refractivity contribution in [2.24, 2.45) is 17.6 Å². The summed E-state index contributed by atoms with van der Waals surface area (Å²) in [5.41, 5.74) is 5.80. The Kier molecular flexibility index (Phi) is 5.60. The molecule has 0 unspecified atom stereocenters. The Hall–Kier alpha value is -3.76. The molecule has 3 aliphatic heterocycles. The summed E-state index contributed by atoms with van der Waals surface area (Å²) in [5.74, 6) is -4.26. The summed E-state index contributed by atoms with van der Waals surface area (Å²) in [6.45, 7) is 3.02. The first kappa shape index (κ1) is 24.0.